The zero-order chi connectivity index (χ0) is 35.8. The van der Waals surface area contributed by atoms with Crippen LogP contribution in [0.3, 0.4) is 0 Å². The van der Waals surface area contributed by atoms with Gasteiger partial charge in [0.25, 0.3) is 0 Å². The van der Waals surface area contributed by atoms with Gasteiger partial charge in [-0.25, -0.2) is 4.79 Å². The Balaban J connectivity index is 1.58. The lowest BCUT2D eigenvalue weighted by Gasteiger charge is -2.63. The van der Waals surface area contributed by atoms with E-state index in [4.69, 9.17) is 18.9 Å². The summed E-state index contributed by atoms with van der Waals surface area (Å²) < 4.78 is 27.5. The van der Waals surface area contributed by atoms with E-state index in [1.165, 1.54) is 18.6 Å². The van der Waals surface area contributed by atoms with E-state index in [0.29, 0.717) is 23.3 Å². The number of benzene rings is 1. The van der Waals surface area contributed by atoms with E-state index in [1.54, 1.807) is 6.08 Å². The molecule has 264 valence electrons. The molecule has 0 aromatic heterocycles. The highest BCUT2D eigenvalue weighted by Gasteiger charge is 2.86. The van der Waals surface area contributed by atoms with Gasteiger partial charge in [0.05, 0.1) is 17.6 Å². The largest absolute Gasteiger partial charge is 0.507 e. The molecule has 7 aliphatic rings. The minimum Gasteiger partial charge on any atom is -0.507 e. The summed E-state index contributed by atoms with van der Waals surface area (Å²) in [5.41, 5.74) is -3.03. The number of phenolic OH excluding ortho intramolecular Hbond substituents is 1. The van der Waals surface area contributed by atoms with Crippen LogP contribution in [0.5, 0.6) is 17.2 Å². The van der Waals surface area contributed by atoms with Crippen molar-refractivity contribution in [3.63, 3.8) is 0 Å². The van der Waals surface area contributed by atoms with Crippen molar-refractivity contribution in [1.82, 2.24) is 0 Å². The maximum absolute atomic E-state index is 15.5. The van der Waals surface area contributed by atoms with Crippen molar-refractivity contribution in [2.24, 2.45) is 23.7 Å². The van der Waals surface area contributed by atoms with E-state index in [1.807, 2.05) is 34.6 Å². The summed E-state index contributed by atoms with van der Waals surface area (Å²) in [6.07, 6.45) is 6.78. The van der Waals surface area contributed by atoms with Crippen LogP contribution in [0.4, 0.5) is 0 Å². The molecule has 1 aromatic rings. The van der Waals surface area contributed by atoms with E-state index < -0.39 is 57.6 Å². The minimum atomic E-state index is -1.68. The number of aliphatic carboxylic acids is 1. The van der Waals surface area contributed by atoms with Crippen LogP contribution >= 0.6 is 0 Å². The topological polar surface area (TPSA) is 129 Å². The molecule has 9 heteroatoms. The van der Waals surface area contributed by atoms with Crippen molar-refractivity contribution in [2.75, 3.05) is 6.61 Å². The fourth-order valence-corrected chi connectivity index (χ4v) is 10.6. The number of rotatable bonds is 7. The number of carbonyl (C=O) groups excluding carboxylic acids is 2. The molecule has 4 unspecified atom stereocenters. The Kier molecular flexibility index (Phi) is 7.33. The predicted octanol–water partition coefficient (Wildman–Crippen LogP) is 6.99. The van der Waals surface area contributed by atoms with Gasteiger partial charge in [0.2, 0.25) is 0 Å². The highest BCUT2D eigenvalue weighted by Crippen LogP contribution is 2.72. The van der Waals surface area contributed by atoms with Gasteiger partial charge in [-0.2, -0.15) is 0 Å². The number of carboxylic acid groups (broad SMARTS) is 1. The summed E-state index contributed by atoms with van der Waals surface area (Å²) in [5.74, 6) is -3.44. The lowest BCUT2D eigenvalue weighted by molar-refractivity contribution is -0.227. The fraction of sp³-hybridized carbons (Fsp3) is 0.625. The summed E-state index contributed by atoms with van der Waals surface area (Å²) in [4.78, 5) is 42.3. The molecule has 2 N–H and O–H groups in total. The van der Waals surface area contributed by atoms with Gasteiger partial charge in [-0.1, -0.05) is 37.6 Å². The monoisotopic (exact) mass is 674 g/mol. The Morgan fingerprint density at radius 2 is 1.84 bits per heavy atom. The zero-order valence-corrected chi connectivity index (χ0v) is 30.2. The first-order valence-electron chi connectivity index (χ1n) is 17.7. The van der Waals surface area contributed by atoms with Gasteiger partial charge in [-0.05, 0) is 67.7 Å². The van der Waals surface area contributed by atoms with Crippen LogP contribution < -0.4 is 9.47 Å². The normalized spacial score (nSPS) is 36.4. The maximum Gasteiger partial charge on any atom is 0.330 e. The van der Waals surface area contributed by atoms with Crippen LogP contribution in [0.25, 0.3) is 0 Å². The van der Waals surface area contributed by atoms with E-state index >= 15 is 4.79 Å². The zero-order valence-electron chi connectivity index (χ0n) is 30.2. The molecule has 4 fully saturated rings. The van der Waals surface area contributed by atoms with Gasteiger partial charge >= 0.3 is 5.97 Å². The smallest absolute Gasteiger partial charge is 0.330 e. The number of carboxylic acids is 1. The van der Waals surface area contributed by atoms with E-state index in [-0.39, 0.29) is 59.1 Å². The second kappa shape index (κ2) is 10.5. The molecular weight excluding hydrogens is 624 g/mol. The molecule has 4 aliphatic carbocycles. The van der Waals surface area contributed by atoms with Crippen molar-refractivity contribution >= 4 is 17.5 Å². The Morgan fingerprint density at radius 3 is 2.47 bits per heavy atom. The Labute approximate surface area is 288 Å². The van der Waals surface area contributed by atoms with Crippen LogP contribution in [0.1, 0.15) is 115 Å². The number of allylic oxidation sites excluding steroid dienone is 3. The molecule has 3 saturated carbocycles. The Morgan fingerprint density at radius 1 is 1.14 bits per heavy atom. The lowest BCUT2D eigenvalue weighted by Crippen LogP contribution is -2.80. The van der Waals surface area contributed by atoms with Gasteiger partial charge in [0, 0.05) is 58.8 Å². The number of ketones is 2. The van der Waals surface area contributed by atoms with E-state index in [9.17, 15) is 19.8 Å². The number of hydrogen-bond donors (Lipinski definition) is 2. The molecule has 9 nitrogen and oxygen atoms in total. The summed E-state index contributed by atoms with van der Waals surface area (Å²) in [7, 11) is 0. The number of carbonyl (C=O) groups is 3. The molecule has 0 radical (unpaired) electrons. The van der Waals surface area contributed by atoms with Crippen molar-refractivity contribution in [1.29, 1.82) is 0 Å². The van der Waals surface area contributed by atoms with Crippen LogP contribution in [0, 0.1) is 23.7 Å². The lowest BCUT2D eigenvalue weighted by atomic mass is 9.45. The average Bonchev–Trinajstić information content (AvgIpc) is 3.15. The molecule has 8 atom stereocenters. The fourth-order valence-electron chi connectivity index (χ4n) is 10.6. The molecule has 1 saturated heterocycles. The summed E-state index contributed by atoms with van der Waals surface area (Å²) in [6.45, 7) is 21.8. The van der Waals surface area contributed by atoms with Gasteiger partial charge in [-0.3, -0.25) is 9.59 Å². The Hall–Kier alpha value is -3.43. The first kappa shape index (κ1) is 34.0. The average molecular weight is 675 g/mol. The maximum atomic E-state index is 15.5. The molecule has 3 aliphatic heterocycles. The molecule has 8 rings (SSSR count). The number of aromatic hydroxyl groups is 1. The SMILES string of the molecule is C=CC(C)(C)c1c2c(c(O)c3c1OC(C)(C)C1CCC(C)=CC31)C(=O)C1C(OCC)[C@H]3C[C@@H]4C(C)(C)O[C@](C/C=C(\C)C(=O)O)(C3=O)[C@]14O2. The molecule has 1 aromatic carbocycles. The van der Waals surface area contributed by atoms with Crippen molar-refractivity contribution < 1.29 is 43.5 Å². The summed E-state index contributed by atoms with van der Waals surface area (Å²) >= 11 is 0. The Bertz CT molecular complexity index is 1760. The van der Waals surface area contributed by atoms with Gasteiger partial charge in [0.15, 0.2) is 22.8 Å². The molecule has 0 amide bonds. The third-order valence-corrected chi connectivity index (χ3v) is 12.9. The standard InChI is InChI=1S/C40H50O9/c1-11-36(5,6)28-32-25(21-17-19(3)13-14-23(21)37(7,8)47-32)29(41)26-30(42)27-31(46-12-2)22-18-24-38(9,10)49-39(34(22)43,16-15-20(4)35(44)45)40(24,27)48-33(26)28/h11,15,17,21-24,27,31,41H,1,12-14,16,18H2,2-10H3,(H,44,45)/b20-15+/t21?,22-,23?,24-,27?,31?,39-,40-/m1/s1. The molecule has 49 heavy (non-hydrogen) atoms. The van der Waals surface area contributed by atoms with Gasteiger partial charge in [-0.15, -0.1) is 6.58 Å². The number of hydrogen-bond acceptors (Lipinski definition) is 8. The van der Waals surface area contributed by atoms with Crippen LogP contribution in [0.15, 0.2) is 36.0 Å². The highest BCUT2D eigenvalue weighted by atomic mass is 16.6. The molecule has 3 heterocycles. The molecular formula is C40H50O9. The second-order valence-electron chi connectivity index (χ2n) is 16.8. The van der Waals surface area contributed by atoms with Crippen molar-refractivity contribution in [2.45, 2.75) is 128 Å². The first-order chi connectivity index (χ1) is 22.8. The van der Waals surface area contributed by atoms with Crippen LogP contribution in [0.2, 0.25) is 0 Å². The number of phenols is 1. The van der Waals surface area contributed by atoms with Crippen molar-refractivity contribution in [3.8, 4) is 17.2 Å². The van der Waals surface area contributed by atoms with Crippen LogP contribution in [-0.4, -0.2) is 62.9 Å². The number of fused-ring (bicyclic) bond motifs is 4. The summed E-state index contributed by atoms with van der Waals surface area (Å²) in [6, 6.07) is 0. The van der Waals surface area contributed by atoms with E-state index in [2.05, 4.69) is 33.4 Å². The third kappa shape index (κ3) is 4.21. The third-order valence-electron chi connectivity index (χ3n) is 12.9. The highest BCUT2D eigenvalue weighted by molar-refractivity contribution is 6.10. The summed E-state index contributed by atoms with van der Waals surface area (Å²) in [5, 5.41) is 22.2. The first-order valence-corrected chi connectivity index (χ1v) is 17.7. The van der Waals surface area contributed by atoms with Crippen molar-refractivity contribution in [3.05, 3.63) is 52.6 Å². The van der Waals surface area contributed by atoms with Gasteiger partial charge in [0.1, 0.15) is 28.4 Å². The number of ether oxygens (including phenoxy) is 4. The molecule has 1 spiro atoms. The second-order valence-corrected chi connectivity index (χ2v) is 16.8. The van der Waals surface area contributed by atoms with Crippen LogP contribution in [-0.2, 0) is 24.5 Å². The van der Waals surface area contributed by atoms with E-state index in [0.717, 1.165) is 12.8 Å². The van der Waals surface area contributed by atoms with Gasteiger partial charge < -0.3 is 29.2 Å². The molecule has 4 bridgehead atoms. The predicted molar refractivity (Wildman–Crippen MR) is 182 cm³/mol. The number of Topliss-reactive ketones (excluding diaryl/α,β-unsaturated/α-hetero) is 2. The quantitative estimate of drug-likeness (QED) is 0.232. The minimum absolute atomic E-state index is 0.0616.